The van der Waals surface area contributed by atoms with Crippen molar-refractivity contribution in [1.29, 1.82) is 0 Å². The van der Waals surface area contributed by atoms with Crippen molar-refractivity contribution in [3.63, 3.8) is 0 Å². The zero-order valence-corrected chi connectivity index (χ0v) is 16.0. The lowest BCUT2D eigenvalue weighted by atomic mass is 9.54. The van der Waals surface area contributed by atoms with Crippen LogP contribution in [0.25, 0.3) is 11.0 Å². The molecule has 3 atom stereocenters. The zero-order valence-electron chi connectivity index (χ0n) is 15.2. The van der Waals surface area contributed by atoms with Gasteiger partial charge in [-0.15, -0.1) is 12.4 Å². The summed E-state index contributed by atoms with van der Waals surface area (Å²) in [5.74, 6) is 0.572. The first kappa shape index (κ1) is 19.8. The number of benzene rings is 1. The van der Waals surface area contributed by atoms with Crippen molar-refractivity contribution in [2.75, 3.05) is 6.61 Å². The molecule has 3 N–H and O–H groups in total. The molecule has 3 unspecified atom stereocenters. The highest BCUT2D eigenvalue weighted by Crippen LogP contribution is 2.50. The minimum absolute atomic E-state index is 0. The molecule has 1 heterocycles. The molecule has 1 aliphatic rings. The van der Waals surface area contributed by atoms with E-state index in [1.54, 1.807) is 0 Å². The predicted octanol–water partition coefficient (Wildman–Crippen LogP) is 3.56. The fourth-order valence-corrected chi connectivity index (χ4v) is 3.43. The average molecular weight is 367 g/mol. The number of para-hydroxylation sites is 1. The van der Waals surface area contributed by atoms with E-state index in [9.17, 15) is 4.79 Å². The maximum absolute atomic E-state index is 12.8. The van der Waals surface area contributed by atoms with Crippen LogP contribution in [0.1, 0.15) is 45.9 Å². The third kappa shape index (κ3) is 3.16. The van der Waals surface area contributed by atoms with Gasteiger partial charge in [0.1, 0.15) is 16.9 Å². The molecule has 2 aromatic rings. The van der Waals surface area contributed by atoms with Gasteiger partial charge in [0, 0.05) is 23.8 Å². The minimum atomic E-state index is -0.923. The van der Waals surface area contributed by atoms with Crippen molar-refractivity contribution in [2.24, 2.45) is 11.1 Å². The van der Waals surface area contributed by atoms with E-state index in [-0.39, 0.29) is 30.5 Å². The van der Waals surface area contributed by atoms with Gasteiger partial charge in [-0.05, 0) is 26.0 Å². The molecule has 6 heteroatoms. The Bertz CT molecular complexity index is 725. The van der Waals surface area contributed by atoms with E-state index in [0.29, 0.717) is 13.0 Å². The molecule has 1 aromatic carbocycles. The van der Waals surface area contributed by atoms with Crippen LogP contribution < -0.4 is 11.1 Å². The second-order valence-corrected chi connectivity index (χ2v) is 7.22. The van der Waals surface area contributed by atoms with Crippen LogP contribution in [0, 0.1) is 5.41 Å². The molecule has 138 valence electrons. The van der Waals surface area contributed by atoms with E-state index < -0.39 is 11.0 Å². The quantitative estimate of drug-likeness (QED) is 0.848. The maximum Gasteiger partial charge on any atom is 0.241 e. The van der Waals surface area contributed by atoms with Gasteiger partial charge in [-0.3, -0.25) is 4.79 Å². The van der Waals surface area contributed by atoms with E-state index in [0.717, 1.165) is 16.7 Å². The van der Waals surface area contributed by atoms with Crippen LogP contribution in [0.4, 0.5) is 0 Å². The molecule has 1 aromatic heterocycles. The number of hydrogen-bond acceptors (Lipinski definition) is 4. The Kier molecular flexibility index (Phi) is 5.52. The van der Waals surface area contributed by atoms with Crippen molar-refractivity contribution in [1.82, 2.24) is 5.32 Å². The lowest BCUT2D eigenvalue weighted by molar-refractivity contribution is -0.171. The van der Waals surface area contributed by atoms with E-state index in [2.05, 4.69) is 5.32 Å². The van der Waals surface area contributed by atoms with Crippen LogP contribution in [0.3, 0.4) is 0 Å². The summed E-state index contributed by atoms with van der Waals surface area (Å²) in [6.07, 6.45) is 0.548. The summed E-state index contributed by atoms with van der Waals surface area (Å²) >= 11 is 0. The van der Waals surface area contributed by atoms with Crippen molar-refractivity contribution < 1.29 is 13.9 Å². The highest BCUT2D eigenvalue weighted by Gasteiger charge is 2.63. The summed E-state index contributed by atoms with van der Waals surface area (Å²) in [6.45, 7) is 8.46. The summed E-state index contributed by atoms with van der Waals surface area (Å²) in [5, 5.41) is 4.03. The number of ether oxygens (including phenoxy) is 1. The molecule has 1 amide bonds. The number of rotatable bonds is 5. The van der Waals surface area contributed by atoms with Crippen molar-refractivity contribution in [2.45, 2.75) is 51.8 Å². The highest BCUT2D eigenvalue weighted by molar-refractivity contribution is 5.89. The molecule has 1 fully saturated rings. The summed E-state index contributed by atoms with van der Waals surface area (Å²) in [7, 11) is 0. The Labute approximate surface area is 154 Å². The molecule has 0 saturated heterocycles. The van der Waals surface area contributed by atoms with Crippen molar-refractivity contribution in [3.05, 3.63) is 36.1 Å². The molecule has 3 rings (SSSR count). The fraction of sp³-hybridized carbons (Fsp3) is 0.526. The molecule has 1 saturated carbocycles. The van der Waals surface area contributed by atoms with Gasteiger partial charge < -0.3 is 20.2 Å². The molecule has 0 bridgehead atoms. The van der Waals surface area contributed by atoms with Crippen LogP contribution in [0.15, 0.2) is 34.7 Å². The predicted molar refractivity (Wildman–Crippen MR) is 101 cm³/mol. The molecule has 5 nitrogen and oxygen atoms in total. The number of halogens is 1. The number of hydrogen-bond donors (Lipinski definition) is 2. The fourth-order valence-electron chi connectivity index (χ4n) is 3.43. The van der Waals surface area contributed by atoms with Crippen LogP contribution >= 0.6 is 12.4 Å². The Morgan fingerprint density at radius 1 is 1.44 bits per heavy atom. The topological polar surface area (TPSA) is 77.5 Å². The Hall–Kier alpha value is -1.56. The minimum Gasteiger partial charge on any atom is -0.459 e. The Balaban J connectivity index is 0.00000225. The second-order valence-electron chi connectivity index (χ2n) is 7.22. The van der Waals surface area contributed by atoms with Gasteiger partial charge in [0.05, 0.1) is 12.1 Å². The first-order valence-corrected chi connectivity index (χ1v) is 8.49. The maximum atomic E-state index is 12.8. The molecule has 1 aliphatic carbocycles. The Morgan fingerprint density at radius 2 is 2.12 bits per heavy atom. The number of nitrogens with one attached hydrogen (secondary N) is 1. The SMILES string of the molecule is CCOC1CC(N)(C(=O)NC(C)c2cc3ccccc3o2)C1(C)C.Cl. The standard InChI is InChI=1S/C19H26N2O3.ClH/c1-5-23-16-11-19(20,18(16,3)4)17(22)21-12(2)15-10-13-8-6-7-9-14(13)24-15;/h6-10,12,16H,5,11,20H2,1-4H3,(H,21,22);1H. The van der Waals surface area contributed by atoms with Gasteiger partial charge in [0.15, 0.2) is 0 Å². The highest BCUT2D eigenvalue weighted by atomic mass is 35.5. The first-order valence-electron chi connectivity index (χ1n) is 8.49. The van der Waals surface area contributed by atoms with Crippen LogP contribution in [0.5, 0.6) is 0 Å². The van der Waals surface area contributed by atoms with Crippen LogP contribution in [0.2, 0.25) is 0 Å². The number of nitrogens with two attached hydrogens (primary N) is 1. The smallest absolute Gasteiger partial charge is 0.241 e. The van der Waals surface area contributed by atoms with Crippen molar-refractivity contribution >= 4 is 29.3 Å². The van der Waals surface area contributed by atoms with E-state index in [1.165, 1.54) is 0 Å². The molecule has 25 heavy (non-hydrogen) atoms. The first-order chi connectivity index (χ1) is 11.3. The molecule has 0 radical (unpaired) electrons. The van der Waals surface area contributed by atoms with Gasteiger partial charge in [-0.1, -0.05) is 32.0 Å². The molecule has 0 aliphatic heterocycles. The third-order valence-electron chi connectivity index (χ3n) is 5.45. The number of amides is 1. The summed E-state index contributed by atoms with van der Waals surface area (Å²) in [6, 6.07) is 9.51. The van der Waals surface area contributed by atoms with Crippen LogP contribution in [-0.2, 0) is 9.53 Å². The molecule has 0 spiro atoms. The number of carbonyl (C=O) groups is 1. The van der Waals surface area contributed by atoms with Gasteiger partial charge in [0.2, 0.25) is 5.91 Å². The molecular formula is C19H27ClN2O3. The molecular weight excluding hydrogens is 340 g/mol. The average Bonchev–Trinajstić information content (AvgIpc) is 2.98. The zero-order chi connectivity index (χ0) is 17.5. The number of fused-ring (bicyclic) bond motifs is 1. The monoisotopic (exact) mass is 366 g/mol. The normalized spacial score (nSPS) is 25.7. The number of furan rings is 1. The summed E-state index contributed by atoms with van der Waals surface area (Å²) in [5.41, 5.74) is 5.91. The lowest BCUT2D eigenvalue weighted by Gasteiger charge is -2.57. The van der Waals surface area contributed by atoms with Gasteiger partial charge in [-0.25, -0.2) is 0 Å². The van der Waals surface area contributed by atoms with E-state index in [4.69, 9.17) is 14.9 Å². The third-order valence-corrected chi connectivity index (χ3v) is 5.45. The Morgan fingerprint density at radius 3 is 2.72 bits per heavy atom. The van der Waals surface area contributed by atoms with Crippen LogP contribution in [-0.4, -0.2) is 24.2 Å². The van der Waals surface area contributed by atoms with Crippen molar-refractivity contribution in [3.8, 4) is 0 Å². The largest absolute Gasteiger partial charge is 0.459 e. The summed E-state index contributed by atoms with van der Waals surface area (Å²) < 4.78 is 11.5. The lowest BCUT2D eigenvalue weighted by Crippen LogP contribution is -2.75. The van der Waals surface area contributed by atoms with E-state index >= 15 is 0 Å². The summed E-state index contributed by atoms with van der Waals surface area (Å²) in [4.78, 5) is 12.8. The number of carbonyl (C=O) groups excluding carboxylic acids is 1. The van der Waals surface area contributed by atoms with Gasteiger partial charge >= 0.3 is 0 Å². The van der Waals surface area contributed by atoms with Gasteiger partial charge in [0.25, 0.3) is 0 Å². The van der Waals surface area contributed by atoms with E-state index in [1.807, 2.05) is 58.0 Å². The second kappa shape index (κ2) is 6.98. The van der Waals surface area contributed by atoms with Gasteiger partial charge in [-0.2, -0.15) is 0 Å².